The number of primary amides is 1. The van der Waals surface area contributed by atoms with Crippen molar-refractivity contribution in [3.05, 3.63) is 24.3 Å². The molecule has 0 fully saturated rings. The molecular weight excluding hydrogens is 290 g/mol. The van der Waals surface area contributed by atoms with Crippen LogP contribution >= 0.6 is 0 Å². The highest BCUT2D eigenvalue weighted by Crippen LogP contribution is 2.30. The van der Waals surface area contributed by atoms with Crippen LogP contribution in [0.2, 0.25) is 0 Å². The zero-order chi connectivity index (χ0) is 16.3. The van der Waals surface area contributed by atoms with Gasteiger partial charge in [-0.05, 0) is 12.1 Å². The lowest BCUT2D eigenvalue weighted by molar-refractivity contribution is -0.112. The molecule has 1 aromatic carbocycles. The molecule has 0 radical (unpaired) electrons. The fourth-order valence-corrected chi connectivity index (χ4v) is 2.30. The second kappa shape index (κ2) is 6.84. The minimum absolute atomic E-state index is 0.0310. The lowest BCUT2D eigenvalue weighted by atomic mass is 9.96. The van der Waals surface area contributed by atoms with Crippen molar-refractivity contribution in [3.8, 4) is 0 Å². The normalized spacial score (nSPS) is 21.1. The molecule has 120 valence electrons. The molecule has 1 aromatic rings. The van der Waals surface area contributed by atoms with Crippen LogP contribution in [0.1, 0.15) is 6.42 Å². The van der Waals surface area contributed by atoms with Crippen molar-refractivity contribution in [2.24, 2.45) is 10.7 Å². The lowest BCUT2D eigenvalue weighted by Crippen LogP contribution is -2.47. The first-order valence-corrected chi connectivity index (χ1v) is 6.83. The fourth-order valence-electron chi connectivity index (χ4n) is 2.30. The number of aliphatic imine (C=N–C) groups is 1. The molecule has 2 rings (SSSR count). The number of aliphatic hydroxyl groups excluding tert-OH is 4. The van der Waals surface area contributed by atoms with E-state index in [4.69, 9.17) is 10.8 Å². The van der Waals surface area contributed by atoms with Crippen LogP contribution < -0.4 is 11.1 Å². The molecular formula is C14H19N3O5. The topological polar surface area (TPSA) is 148 Å². The first kappa shape index (κ1) is 16.4. The summed E-state index contributed by atoms with van der Waals surface area (Å²) in [6.07, 6.45) is -4.48. The zero-order valence-electron chi connectivity index (χ0n) is 11.8. The summed E-state index contributed by atoms with van der Waals surface area (Å²) in [5.41, 5.74) is 6.56. The van der Waals surface area contributed by atoms with Crippen LogP contribution in [0.15, 0.2) is 29.3 Å². The van der Waals surface area contributed by atoms with Crippen LogP contribution in [0.5, 0.6) is 0 Å². The largest absolute Gasteiger partial charge is 0.394 e. The molecule has 0 saturated heterocycles. The predicted molar refractivity (Wildman–Crippen MR) is 79.9 cm³/mol. The van der Waals surface area contributed by atoms with Gasteiger partial charge in [-0.15, -0.1) is 0 Å². The van der Waals surface area contributed by atoms with E-state index in [1.807, 2.05) is 0 Å². The summed E-state index contributed by atoms with van der Waals surface area (Å²) < 4.78 is 0. The number of fused-ring (bicyclic) bond motifs is 1. The molecule has 8 heteroatoms. The van der Waals surface area contributed by atoms with Crippen LogP contribution in [0.4, 0.5) is 11.4 Å². The molecule has 1 aliphatic rings. The molecule has 0 aliphatic carbocycles. The van der Waals surface area contributed by atoms with E-state index in [0.717, 1.165) is 0 Å². The van der Waals surface area contributed by atoms with Gasteiger partial charge in [0.25, 0.3) is 5.91 Å². The minimum atomic E-state index is -1.54. The summed E-state index contributed by atoms with van der Waals surface area (Å²) in [6.45, 7) is -0.685. The van der Waals surface area contributed by atoms with Crippen molar-refractivity contribution in [1.29, 1.82) is 0 Å². The van der Waals surface area contributed by atoms with Gasteiger partial charge in [-0.3, -0.25) is 4.79 Å². The number of nitrogens with two attached hydrogens (primary N) is 1. The number of carbonyl (C=O) groups is 1. The van der Waals surface area contributed by atoms with Gasteiger partial charge >= 0.3 is 0 Å². The van der Waals surface area contributed by atoms with Gasteiger partial charge in [0, 0.05) is 6.42 Å². The van der Waals surface area contributed by atoms with Crippen LogP contribution in [0.3, 0.4) is 0 Å². The van der Waals surface area contributed by atoms with E-state index in [9.17, 15) is 20.1 Å². The molecule has 1 heterocycles. The van der Waals surface area contributed by atoms with Crippen molar-refractivity contribution in [1.82, 2.24) is 0 Å². The number of benzene rings is 1. The molecule has 1 amide bonds. The highest BCUT2D eigenvalue weighted by atomic mass is 16.4. The van der Waals surface area contributed by atoms with E-state index in [2.05, 4.69) is 10.3 Å². The van der Waals surface area contributed by atoms with Gasteiger partial charge in [-0.1, -0.05) is 12.1 Å². The van der Waals surface area contributed by atoms with E-state index in [-0.39, 0.29) is 12.1 Å². The SMILES string of the molecule is NC(=O)C1=Nc2ccccc2NC1C[C@H](O)[C@H](O)[C@H](O)CO. The highest BCUT2D eigenvalue weighted by molar-refractivity contribution is 6.42. The number of amides is 1. The quantitative estimate of drug-likeness (QED) is 0.377. The summed E-state index contributed by atoms with van der Waals surface area (Å²) in [4.78, 5) is 15.7. The average Bonchev–Trinajstić information content (AvgIpc) is 2.52. The summed E-state index contributed by atoms with van der Waals surface area (Å²) in [5.74, 6) is -0.739. The molecule has 7 N–H and O–H groups in total. The number of hydrogen-bond acceptors (Lipinski definition) is 7. The summed E-state index contributed by atoms with van der Waals surface area (Å²) in [5, 5.41) is 40.8. The maximum atomic E-state index is 11.5. The second-order valence-corrected chi connectivity index (χ2v) is 5.12. The number of carbonyl (C=O) groups excluding carboxylic acids is 1. The number of rotatable bonds is 6. The third-order valence-corrected chi connectivity index (χ3v) is 3.51. The van der Waals surface area contributed by atoms with Crippen LogP contribution in [-0.4, -0.2) is 63.0 Å². The van der Waals surface area contributed by atoms with Gasteiger partial charge in [0.1, 0.15) is 17.9 Å². The molecule has 0 saturated carbocycles. The van der Waals surface area contributed by atoms with Crippen molar-refractivity contribution < 1.29 is 25.2 Å². The third-order valence-electron chi connectivity index (χ3n) is 3.51. The molecule has 0 spiro atoms. The van der Waals surface area contributed by atoms with Gasteiger partial charge in [0.2, 0.25) is 0 Å². The van der Waals surface area contributed by atoms with Crippen LogP contribution in [0.25, 0.3) is 0 Å². The Morgan fingerprint density at radius 1 is 1.27 bits per heavy atom. The molecule has 0 aromatic heterocycles. The van der Waals surface area contributed by atoms with Gasteiger partial charge in [-0.25, -0.2) is 4.99 Å². The van der Waals surface area contributed by atoms with E-state index in [0.29, 0.717) is 11.4 Å². The molecule has 4 atom stereocenters. The second-order valence-electron chi connectivity index (χ2n) is 5.12. The number of nitrogens with one attached hydrogen (secondary N) is 1. The smallest absolute Gasteiger partial charge is 0.265 e. The molecule has 0 bridgehead atoms. The standard InChI is InChI=1S/C14H19N3O5/c15-14(22)12-9(5-10(19)13(21)11(20)6-18)16-7-3-1-2-4-8(7)17-12/h1-4,9-11,13,16,18-21H,5-6H2,(H2,15,22)/t9?,10-,11+,13-/m0/s1. The minimum Gasteiger partial charge on any atom is -0.394 e. The maximum absolute atomic E-state index is 11.5. The Labute approximate surface area is 126 Å². The Bertz CT molecular complexity index is 577. The van der Waals surface area contributed by atoms with Crippen LogP contribution in [0, 0.1) is 0 Å². The van der Waals surface area contributed by atoms with Crippen molar-refractivity contribution in [2.45, 2.75) is 30.8 Å². The van der Waals surface area contributed by atoms with Gasteiger partial charge in [-0.2, -0.15) is 0 Å². The first-order chi connectivity index (χ1) is 10.4. The zero-order valence-corrected chi connectivity index (χ0v) is 11.8. The van der Waals surface area contributed by atoms with E-state index < -0.39 is 36.9 Å². The third kappa shape index (κ3) is 3.42. The number of para-hydroxylation sites is 2. The van der Waals surface area contributed by atoms with E-state index >= 15 is 0 Å². The summed E-state index contributed by atoms with van der Waals surface area (Å²) in [6, 6.07) is 6.31. The maximum Gasteiger partial charge on any atom is 0.265 e. The molecule has 1 aliphatic heterocycles. The lowest BCUT2D eigenvalue weighted by Gasteiger charge is -2.29. The summed E-state index contributed by atoms with van der Waals surface area (Å²) in [7, 11) is 0. The number of hydrogen-bond donors (Lipinski definition) is 6. The van der Waals surface area contributed by atoms with Crippen molar-refractivity contribution in [3.63, 3.8) is 0 Å². The van der Waals surface area contributed by atoms with E-state index in [1.165, 1.54) is 0 Å². The Morgan fingerprint density at radius 3 is 2.59 bits per heavy atom. The Morgan fingerprint density at radius 2 is 1.95 bits per heavy atom. The predicted octanol–water partition coefficient (Wildman–Crippen LogP) is -1.50. The van der Waals surface area contributed by atoms with Crippen molar-refractivity contribution in [2.75, 3.05) is 11.9 Å². The van der Waals surface area contributed by atoms with Gasteiger partial charge < -0.3 is 31.5 Å². The van der Waals surface area contributed by atoms with Gasteiger partial charge in [0.15, 0.2) is 0 Å². The first-order valence-electron chi connectivity index (χ1n) is 6.83. The molecule has 22 heavy (non-hydrogen) atoms. The average molecular weight is 309 g/mol. The van der Waals surface area contributed by atoms with E-state index in [1.54, 1.807) is 24.3 Å². The Balaban J connectivity index is 2.19. The van der Waals surface area contributed by atoms with Crippen molar-refractivity contribution >= 4 is 23.0 Å². The molecule has 8 nitrogen and oxygen atoms in total. The van der Waals surface area contributed by atoms with Gasteiger partial charge in [0.05, 0.1) is 30.1 Å². The molecule has 1 unspecified atom stereocenters. The Kier molecular flexibility index (Phi) is 5.09. The number of aliphatic hydroxyl groups is 4. The van der Waals surface area contributed by atoms with Crippen LogP contribution in [-0.2, 0) is 4.79 Å². The summed E-state index contributed by atoms with van der Waals surface area (Å²) >= 11 is 0. The Hall–Kier alpha value is -2.00. The fraction of sp³-hybridized carbons (Fsp3) is 0.429. The number of nitrogens with zero attached hydrogens (tertiary/aromatic N) is 1. The monoisotopic (exact) mass is 309 g/mol. The highest BCUT2D eigenvalue weighted by Gasteiger charge is 2.32. The number of anilines is 1.